The summed E-state index contributed by atoms with van der Waals surface area (Å²) in [5.74, 6) is -1.36. The molecule has 0 atom stereocenters. The summed E-state index contributed by atoms with van der Waals surface area (Å²) in [5, 5.41) is 0. The van der Waals surface area contributed by atoms with Crippen molar-refractivity contribution in [3.8, 4) is 5.88 Å². The fraction of sp³-hybridized carbons (Fsp3) is 0.188. The van der Waals surface area contributed by atoms with Gasteiger partial charge in [-0.2, -0.15) is 13.2 Å². The Bertz CT molecular complexity index is 725. The van der Waals surface area contributed by atoms with Crippen LogP contribution in [-0.2, 0) is 4.74 Å². The van der Waals surface area contributed by atoms with Gasteiger partial charge in [0, 0.05) is 0 Å². The van der Waals surface area contributed by atoms with Gasteiger partial charge in [-0.25, -0.2) is 19.2 Å². The van der Waals surface area contributed by atoms with Gasteiger partial charge in [0.25, 0.3) is 0 Å². The lowest BCUT2D eigenvalue weighted by molar-refractivity contribution is -0.0885. The molecule has 0 aliphatic carbocycles. The zero-order valence-corrected chi connectivity index (χ0v) is 13.1. The van der Waals surface area contributed by atoms with Crippen LogP contribution in [0.2, 0.25) is 0 Å². The van der Waals surface area contributed by atoms with Crippen molar-refractivity contribution in [1.82, 2.24) is 9.97 Å². The number of rotatable bonds is 7. The van der Waals surface area contributed by atoms with Crippen molar-refractivity contribution in [1.29, 1.82) is 0 Å². The SMILES string of the molecule is C=Cc1ncnc(OC(=C)/C=C\C(=C/CF)C(F)(F)F)c1C(=O)OC. The zero-order valence-electron chi connectivity index (χ0n) is 13.1. The Kier molecular flexibility index (Phi) is 7.04. The van der Waals surface area contributed by atoms with E-state index in [-0.39, 0.29) is 22.9 Å². The van der Waals surface area contributed by atoms with Crippen LogP contribution < -0.4 is 4.74 Å². The molecule has 0 aliphatic heterocycles. The number of hydrogen-bond acceptors (Lipinski definition) is 5. The number of methoxy groups -OCH3 is 1. The van der Waals surface area contributed by atoms with E-state index in [9.17, 15) is 22.4 Å². The van der Waals surface area contributed by atoms with E-state index in [0.717, 1.165) is 19.5 Å². The molecule has 0 aliphatic rings. The summed E-state index contributed by atoms with van der Waals surface area (Å²) < 4.78 is 59.9. The van der Waals surface area contributed by atoms with Crippen molar-refractivity contribution in [3.05, 3.63) is 60.3 Å². The average Bonchev–Trinajstić information content (AvgIpc) is 2.56. The highest BCUT2D eigenvalue weighted by Crippen LogP contribution is 2.27. The van der Waals surface area contributed by atoms with Gasteiger partial charge >= 0.3 is 12.1 Å². The molecule has 0 N–H and O–H groups in total. The minimum atomic E-state index is -4.73. The van der Waals surface area contributed by atoms with E-state index in [4.69, 9.17) is 4.74 Å². The number of carbonyl (C=O) groups excluding carboxylic acids is 1. The third-order valence-electron chi connectivity index (χ3n) is 2.73. The number of halogens is 4. The molecule has 0 radical (unpaired) electrons. The zero-order chi connectivity index (χ0) is 19.0. The maximum atomic E-state index is 12.6. The standard InChI is InChI=1S/C16H14F4N2O3/c1-4-12-13(15(23)24-3)14(22-9-21-12)25-10(2)5-6-11(7-8-17)16(18,19)20/h4-7,9H,1-2,8H2,3H3/b6-5-,11-7+. The topological polar surface area (TPSA) is 61.3 Å². The highest BCUT2D eigenvalue weighted by molar-refractivity contribution is 5.95. The van der Waals surface area contributed by atoms with Crippen LogP contribution in [0, 0.1) is 0 Å². The van der Waals surface area contributed by atoms with Crippen LogP contribution in [0.25, 0.3) is 6.08 Å². The normalized spacial score (nSPS) is 12.1. The number of aromatic nitrogens is 2. The highest BCUT2D eigenvalue weighted by Gasteiger charge is 2.31. The predicted octanol–water partition coefficient (Wildman–Crippen LogP) is 3.81. The van der Waals surface area contributed by atoms with Crippen molar-refractivity contribution in [2.24, 2.45) is 0 Å². The van der Waals surface area contributed by atoms with Crippen LogP contribution >= 0.6 is 0 Å². The smallest absolute Gasteiger partial charge is 0.416 e. The van der Waals surface area contributed by atoms with E-state index in [2.05, 4.69) is 27.9 Å². The molecule has 1 rings (SSSR count). The summed E-state index contributed by atoms with van der Waals surface area (Å²) in [6, 6.07) is 0. The maximum absolute atomic E-state index is 12.6. The summed E-state index contributed by atoms with van der Waals surface area (Å²) in [5.41, 5.74) is -1.26. The van der Waals surface area contributed by atoms with Gasteiger partial charge < -0.3 is 9.47 Å². The van der Waals surface area contributed by atoms with E-state index in [1.165, 1.54) is 6.08 Å². The van der Waals surface area contributed by atoms with E-state index < -0.39 is 24.4 Å². The Morgan fingerprint density at radius 2 is 2.00 bits per heavy atom. The molecular weight excluding hydrogens is 344 g/mol. The first-order chi connectivity index (χ1) is 11.7. The summed E-state index contributed by atoms with van der Waals surface area (Å²) in [7, 11) is 1.12. The van der Waals surface area contributed by atoms with Crippen LogP contribution in [0.4, 0.5) is 17.6 Å². The average molecular weight is 358 g/mol. The summed E-state index contributed by atoms with van der Waals surface area (Å²) in [6.07, 6.45) is -0.582. The van der Waals surface area contributed by atoms with E-state index >= 15 is 0 Å². The van der Waals surface area contributed by atoms with E-state index in [1.54, 1.807) is 0 Å². The molecule has 0 spiro atoms. The molecule has 0 aromatic carbocycles. The molecule has 5 nitrogen and oxygen atoms in total. The molecule has 0 saturated carbocycles. The molecule has 1 heterocycles. The predicted molar refractivity (Wildman–Crippen MR) is 82.5 cm³/mol. The molecule has 25 heavy (non-hydrogen) atoms. The van der Waals surface area contributed by atoms with Gasteiger partial charge in [0.2, 0.25) is 5.88 Å². The van der Waals surface area contributed by atoms with Crippen LogP contribution in [0.5, 0.6) is 5.88 Å². The number of ether oxygens (including phenoxy) is 2. The van der Waals surface area contributed by atoms with Gasteiger partial charge in [-0.1, -0.05) is 13.2 Å². The van der Waals surface area contributed by atoms with Gasteiger partial charge in [0.15, 0.2) is 0 Å². The van der Waals surface area contributed by atoms with Gasteiger partial charge in [-0.05, 0) is 24.3 Å². The largest absolute Gasteiger partial charge is 0.465 e. The Balaban J connectivity index is 3.09. The lowest BCUT2D eigenvalue weighted by Crippen LogP contribution is -2.11. The number of hydrogen-bond donors (Lipinski definition) is 0. The van der Waals surface area contributed by atoms with Gasteiger partial charge in [-0.15, -0.1) is 0 Å². The monoisotopic (exact) mass is 358 g/mol. The Morgan fingerprint density at radius 3 is 2.52 bits per heavy atom. The number of allylic oxidation sites excluding steroid dienone is 4. The van der Waals surface area contributed by atoms with Crippen LogP contribution in [0.3, 0.4) is 0 Å². The van der Waals surface area contributed by atoms with Gasteiger partial charge in [0.05, 0.1) is 18.4 Å². The van der Waals surface area contributed by atoms with Crippen molar-refractivity contribution >= 4 is 12.0 Å². The van der Waals surface area contributed by atoms with Crippen molar-refractivity contribution < 1.29 is 31.8 Å². The van der Waals surface area contributed by atoms with Crippen LogP contribution in [0.1, 0.15) is 16.1 Å². The molecule has 0 amide bonds. The third kappa shape index (κ3) is 5.55. The van der Waals surface area contributed by atoms with Gasteiger partial charge in [0.1, 0.15) is 24.3 Å². The molecule has 0 saturated heterocycles. The second kappa shape index (κ2) is 8.76. The molecule has 0 fully saturated rings. The Hall–Kier alpha value is -2.97. The summed E-state index contributed by atoms with van der Waals surface area (Å²) in [4.78, 5) is 19.3. The lowest BCUT2D eigenvalue weighted by atomic mass is 10.2. The number of alkyl halides is 4. The third-order valence-corrected chi connectivity index (χ3v) is 2.73. The molecule has 9 heteroatoms. The van der Waals surface area contributed by atoms with Crippen LogP contribution in [-0.4, -0.2) is 35.9 Å². The first-order valence-electron chi connectivity index (χ1n) is 6.68. The Morgan fingerprint density at radius 1 is 1.32 bits per heavy atom. The van der Waals surface area contributed by atoms with Crippen molar-refractivity contribution in [2.75, 3.05) is 13.8 Å². The number of carbonyl (C=O) groups is 1. The minimum absolute atomic E-state index is 0.113. The number of esters is 1. The van der Waals surface area contributed by atoms with E-state index in [1.807, 2.05) is 0 Å². The molecule has 1 aromatic rings. The Labute approximate surface area is 141 Å². The fourth-order valence-electron chi connectivity index (χ4n) is 1.61. The number of nitrogens with zero attached hydrogens (tertiary/aromatic N) is 2. The fourth-order valence-corrected chi connectivity index (χ4v) is 1.61. The quantitative estimate of drug-likeness (QED) is 0.321. The highest BCUT2D eigenvalue weighted by atomic mass is 19.4. The van der Waals surface area contributed by atoms with Crippen molar-refractivity contribution in [3.63, 3.8) is 0 Å². The first-order valence-corrected chi connectivity index (χ1v) is 6.68. The lowest BCUT2D eigenvalue weighted by Gasteiger charge is -2.11. The maximum Gasteiger partial charge on any atom is 0.416 e. The molecule has 1 aromatic heterocycles. The minimum Gasteiger partial charge on any atom is -0.465 e. The summed E-state index contributed by atoms with van der Waals surface area (Å²) >= 11 is 0. The van der Waals surface area contributed by atoms with E-state index in [0.29, 0.717) is 12.2 Å². The second-order valence-corrected chi connectivity index (χ2v) is 4.35. The summed E-state index contributed by atoms with van der Waals surface area (Å²) in [6.45, 7) is 5.60. The second-order valence-electron chi connectivity index (χ2n) is 4.35. The van der Waals surface area contributed by atoms with Crippen molar-refractivity contribution in [2.45, 2.75) is 6.18 Å². The molecule has 0 unspecified atom stereocenters. The van der Waals surface area contributed by atoms with Gasteiger partial charge in [-0.3, -0.25) is 0 Å². The molecule has 0 bridgehead atoms. The van der Waals surface area contributed by atoms with Crippen LogP contribution in [0.15, 0.2) is 49.0 Å². The molecular formula is C16H14F4N2O3. The molecule has 134 valence electrons. The first kappa shape index (κ1) is 20.1.